The van der Waals surface area contributed by atoms with E-state index in [9.17, 15) is 4.79 Å². The van der Waals surface area contributed by atoms with Crippen LogP contribution in [0.15, 0.2) is 6.20 Å². The molecule has 18 heavy (non-hydrogen) atoms. The molecule has 1 rings (SSSR count). The van der Waals surface area contributed by atoms with Gasteiger partial charge in [-0.3, -0.25) is 0 Å². The average Bonchev–Trinajstić information content (AvgIpc) is 2.28. The van der Waals surface area contributed by atoms with Crippen LogP contribution in [0.25, 0.3) is 0 Å². The number of aromatic nitrogens is 2. The van der Waals surface area contributed by atoms with Gasteiger partial charge >= 0.3 is 5.97 Å². The molecule has 0 fully saturated rings. The van der Waals surface area contributed by atoms with Gasteiger partial charge in [-0.15, -0.1) is 0 Å². The molecule has 0 aliphatic rings. The van der Waals surface area contributed by atoms with Crippen LogP contribution in [0.4, 0.5) is 5.95 Å². The molecule has 1 aromatic heterocycles. The number of aryl methyl sites for hydroxylation is 1. The van der Waals surface area contributed by atoms with Crippen LogP contribution in [0, 0.1) is 6.92 Å². The zero-order valence-corrected chi connectivity index (χ0v) is 10.9. The molecule has 1 heterocycles. The topological polar surface area (TPSA) is 95.3 Å². The highest BCUT2D eigenvalue weighted by molar-refractivity contribution is 5.88. The number of anilines is 1. The van der Waals surface area contributed by atoms with E-state index in [0.717, 1.165) is 6.42 Å². The van der Waals surface area contributed by atoms with Crippen LogP contribution in [-0.4, -0.2) is 38.3 Å². The van der Waals surface area contributed by atoms with Crippen molar-refractivity contribution in [1.82, 2.24) is 9.97 Å². The van der Waals surface area contributed by atoms with Gasteiger partial charge in [0.05, 0.1) is 11.3 Å². The van der Waals surface area contributed by atoms with E-state index in [2.05, 4.69) is 15.3 Å². The number of aliphatic hydroxyl groups is 1. The lowest BCUT2D eigenvalue weighted by molar-refractivity contribution is 0.0695. The zero-order chi connectivity index (χ0) is 13.8. The van der Waals surface area contributed by atoms with Crippen LogP contribution in [0.3, 0.4) is 0 Å². The van der Waals surface area contributed by atoms with Gasteiger partial charge < -0.3 is 15.5 Å². The summed E-state index contributed by atoms with van der Waals surface area (Å²) in [7, 11) is 0. The minimum Gasteiger partial charge on any atom is -0.478 e. The van der Waals surface area contributed by atoms with Gasteiger partial charge in [0.1, 0.15) is 0 Å². The second-order valence-electron chi connectivity index (χ2n) is 4.51. The Bertz CT molecular complexity index is 437. The van der Waals surface area contributed by atoms with Gasteiger partial charge in [-0.25, -0.2) is 14.8 Å². The quantitative estimate of drug-likeness (QED) is 0.710. The van der Waals surface area contributed by atoms with Gasteiger partial charge in [0.25, 0.3) is 0 Å². The van der Waals surface area contributed by atoms with Gasteiger partial charge in [0.15, 0.2) is 0 Å². The Morgan fingerprint density at radius 2 is 2.22 bits per heavy atom. The Balaban J connectivity index is 2.92. The average molecular weight is 253 g/mol. The summed E-state index contributed by atoms with van der Waals surface area (Å²) in [5, 5.41) is 21.0. The second-order valence-corrected chi connectivity index (χ2v) is 4.51. The molecular formula is C12H19N3O3. The van der Waals surface area contributed by atoms with E-state index in [1.165, 1.54) is 6.20 Å². The molecule has 0 saturated carbocycles. The zero-order valence-electron chi connectivity index (χ0n) is 10.9. The second kappa shape index (κ2) is 5.77. The fourth-order valence-electron chi connectivity index (χ4n) is 1.58. The first kappa shape index (κ1) is 14.4. The maximum atomic E-state index is 10.8. The van der Waals surface area contributed by atoms with Gasteiger partial charge in [0.2, 0.25) is 5.95 Å². The van der Waals surface area contributed by atoms with Crippen molar-refractivity contribution in [3.63, 3.8) is 0 Å². The van der Waals surface area contributed by atoms with Crippen LogP contribution >= 0.6 is 0 Å². The number of aromatic carboxylic acids is 1. The highest BCUT2D eigenvalue weighted by atomic mass is 16.4. The van der Waals surface area contributed by atoms with Crippen molar-refractivity contribution in [2.45, 2.75) is 39.2 Å². The van der Waals surface area contributed by atoms with Crippen LogP contribution in [0.2, 0.25) is 0 Å². The van der Waals surface area contributed by atoms with Gasteiger partial charge in [-0.2, -0.15) is 0 Å². The number of rotatable bonds is 6. The molecule has 0 saturated heterocycles. The lowest BCUT2D eigenvalue weighted by Crippen LogP contribution is -2.36. The van der Waals surface area contributed by atoms with Crippen LogP contribution < -0.4 is 5.32 Å². The molecule has 0 aliphatic carbocycles. The fourth-order valence-corrected chi connectivity index (χ4v) is 1.58. The van der Waals surface area contributed by atoms with E-state index in [1.807, 2.05) is 13.8 Å². The molecule has 1 atom stereocenters. The Hall–Kier alpha value is -1.69. The molecule has 6 heteroatoms. The van der Waals surface area contributed by atoms with Gasteiger partial charge in [-0.05, 0) is 26.7 Å². The van der Waals surface area contributed by atoms with Crippen molar-refractivity contribution in [3.05, 3.63) is 17.5 Å². The lowest BCUT2D eigenvalue weighted by atomic mass is 9.95. The normalized spacial score (nSPS) is 14.0. The Labute approximate surface area is 106 Å². The SMILES string of the molecule is CCC(C)(CCO)Nc1ncc(C(=O)O)c(C)n1. The first-order valence-corrected chi connectivity index (χ1v) is 5.88. The van der Waals surface area contributed by atoms with Crippen molar-refractivity contribution in [2.75, 3.05) is 11.9 Å². The number of aliphatic hydroxyl groups excluding tert-OH is 1. The number of nitrogens with one attached hydrogen (secondary N) is 1. The van der Waals surface area contributed by atoms with Crippen LogP contribution in [0.1, 0.15) is 42.7 Å². The maximum Gasteiger partial charge on any atom is 0.339 e. The predicted octanol–water partition coefficient (Wildman–Crippen LogP) is 1.45. The first-order chi connectivity index (χ1) is 8.41. The van der Waals surface area contributed by atoms with Crippen molar-refractivity contribution in [3.8, 4) is 0 Å². The number of hydrogen-bond acceptors (Lipinski definition) is 5. The molecule has 0 aliphatic heterocycles. The molecule has 0 bridgehead atoms. The van der Waals surface area contributed by atoms with Crippen LogP contribution in [-0.2, 0) is 0 Å². The largest absolute Gasteiger partial charge is 0.478 e. The number of nitrogens with zero attached hydrogens (tertiary/aromatic N) is 2. The molecule has 0 radical (unpaired) electrons. The molecule has 1 aromatic rings. The highest BCUT2D eigenvalue weighted by Crippen LogP contribution is 2.19. The third-order valence-corrected chi connectivity index (χ3v) is 3.07. The van der Waals surface area contributed by atoms with Crippen molar-refractivity contribution < 1.29 is 15.0 Å². The molecule has 6 nitrogen and oxygen atoms in total. The predicted molar refractivity (Wildman–Crippen MR) is 67.7 cm³/mol. The summed E-state index contributed by atoms with van der Waals surface area (Å²) < 4.78 is 0. The van der Waals surface area contributed by atoms with E-state index in [0.29, 0.717) is 18.1 Å². The van der Waals surface area contributed by atoms with E-state index in [-0.39, 0.29) is 17.7 Å². The monoisotopic (exact) mass is 253 g/mol. The fraction of sp³-hybridized carbons (Fsp3) is 0.583. The molecule has 1 unspecified atom stereocenters. The summed E-state index contributed by atoms with van der Waals surface area (Å²) in [5.74, 6) is -0.650. The maximum absolute atomic E-state index is 10.8. The van der Waals surface area contributed by atoms with E-state index in [4.69, 9.17) is 10.2 Å². The van der Waals surface area contributed by atoms with E-state index < -0.39 is 5.97 Å². The third-order valence-electron chi connectivity index (χ3n) is 3.07. The summed E-state index contributed by atoms with van der Waals surface area (Å²) >= 11 is 0. The summed E-state index contributed by atoms with van der Waals surface area (Å²) in [6.07, 6.45) is 2.67. The molecule has 0 amide bonds. The number of carboxylic acid groups (broad SMARTS) is 1. The Kier molecular flexibility index (Phi) is 4.61. The molecule has 3 N–H and O–H groups in total. The Morgan fingerprint density at radius 1 is 1.56 bits per heavy atom. The summed E-state index contributed by atoms with van der Waals surface area (Å²) in [5.41, 5.74) is 0.217. The third kappa shape index (κ3) is 3.40. The van der Waals surface area contributed by atoms with Gasteiger partial charge in [0, 0.05) is 18.3 Å². The molecule has 0 spiro atoms. The van der Waals surface area contributed by atoms with E-state index >= 15 is 0 Å². The number of carboxylic acids is 1. The Morgan fingerprint density at radius 3 is 2.67 bits per heavy atom. The molecule has 0 aromatic carbocycles. The lowest BCUT2D eigenvalue weighted by Gasteiger charge is -2.29. The smallest absolute Gasteiger partial charge is 0.339 e. The summed E-state index contributed by atoms with van der Waals surface area (Å²) in [6.45, 7) is 5.67. The highest BCUT2D eigenvalue weighted by Gasteiger charge is 2.22. The molecule has 100 valence electrons. The first-order valence-electron chi connectivity index (χ1n) is 5.88. The standard InChI is InChI=1S/C12H19N3O3/c1-4-12(3,5-6-16)15-11-13-7-9(10(17)18)8(2)14-11/h7,16H,4-6H2,1-3H3,(H,17,18)(H,13,14,15). The number of carbonyl (C=O) groups is 1. The van der Waals surface area contributed by atoms with Gasteiger partial charge in [-0.1, -0.05) is 6.92 Å². The molecular weight excluding hydrogens is 234 g/mol. The van der Waals surface area contributed by atoms with Crippen LogP contribution in [0.5, 0.6) is 0 Å². The van der Waals surface area contributed by atoms with E-state index in [1.54, 1.807) is 6.92 Å². The van der Waals surface area contributed by atoms with Crippen molar-refractivity contribution in [1.29, 1.82) is 0 Å². The van der Waals surface area contributed by atoms with Crippen molar-refractivity contribution >= 4 is 11.9 Å². The summed E-state index contributed by atoms with van der Waals surface area (Å²) in [4.78, 5) is 19.0. The minimum atomic E-state index is -1.03. The van der Waals surface area contributed by atoms with Crippen molar-refractivity contribution in [2.24, 2.45) is 0 Å². The minimum absolute atomic E-state index is 0.0729. The summed E-state index contributed by atoms with van der Waals surface area (Å²) in [6, 6.07) is 0. The number of hydrogen-bond donors (Lipinski definition) is 3.